The van der Waals surface area contributed by atoms with Crippen LogP contribution in [-0.4, -0.2) is 42.5 Å². The van der Waals surface area contributed by atoms with E-state index in [0.29, 0.717) is 30.4 Å². The zero-order chi connectivity index (χ0) is 14.5. The van der Waals surface area contributed by atoms with Gasteiger partial charge in [-0.3, -0.25) is 14.5 Å². The van der Waals surface area contributed by atoms with E-state index in [1.807, 2.05) is 11.8 Å². The summed E-state index contributed by atoms with van der Waals surface area (Å²) in [5.41, 5.74) is 0.548. The number of anilines is 1. The highest BCUT2D eigenvalue weighted by molar-refractivity contribution is 6.33. The summed E-state index contributed by atoms with van der Waals surface area (Å²) in [6, 6.07) is 6.47. The first-order valence-corrected chi connectivity index (χ1v) is 6.94. The van der Waals surface area contributed by atoms with E-state index in [-0.39, 0.29) is 18.3 Å². The Kier molecular flexibility index (Phi) is 4.98. The molecule has 1 saturated heterocycles. The number of ether oxygens (including phenoxy) is 1. The number of hydrogen-bond acceptors (Lipinski definition) is 4. The zero-order valence-corrected chi connectivity index (χ0v) is 12.0. The number of cyclic esters (lactones) is 1. The van der Waals surface area contributed by atoms with Crippen LogP contribution in [0.15, 0.2) is 24.3 Å². The van der Waals surface area contributed by atoms with Crippen molar-refractivity contribution in [1.82, 2.24) is 4.90 Å². The fraction of sp³-hybridized carbons (Fsp3) is 0.429. The number of esters is 1. The molecular formula is C14H17ClN2O3. The molecule has 1 aromatic rings. The van der Waals surface area contributed by atoms with Crippen molar-refractivity contribution in [2.75, 3.05) is 25.0 Å². The molecule has 108 valence electrons. The minimum atomic E-state index is -0.517. The van der Waals surface area contributed by atoms with Crippen molar-refractivity contribution in [1.29, 1.82) is 0 Å². The Hall–Kier alpha value is -1.59. The van der Waals surface area contributed by atoms with Gasteiger partial charge in [0.05, 0.1) is 17.1 Å². The average Bonchev–Trinajstić information content (AvgIpc) is 2.43. The van der Waals surface area contributed by atoms with Gasteiger partial charge in [-0.25, -0.2) is 0 Å². The van der Waals surface area contributed by atoms with Crippen molar-refractivity contribution in [2.24, 2.45) is 0 Å². The molecule has 1 fully saturated rings. The Labute approximate surface area is 122 Å². The van der Waals surface area contributed by atoms with Crippen LogP contribution in [0.25, 0.3) is 0 Å². The number of hydrogen-bond donors (Lipinski definition) is 1. The molecule has 1 atom stereocenters. The molecule has 1 heterocycles. The summed E-state index contributed by atoms with van der Waals surface area (Å²) in [6.45, 7) is 3.71. The van der Waals surface area contributed by atoms with Crippen LogP contribution in [0.3, 0.4) is 0 Å². The maximum Gasteiger partial charge on any atom is 0.323 e. The first kappa shape index (κ1) is 14.8. The van der Waals surface area contributed by atoms with Crippen molar-refractivity contribution in [3.8, 4) is 0 Å². The third-order valence-corrected chi connectivity index (χ3v) is 3.60. The lowest BCUT2D eigenvalue weighted by Crippen LogP contribution is -2.50. The van der Waals surface area contributed by atoms with Gasteiger partial charge in [-0.05, 0) is 18.7 Å². The van der Waals surface area contributed by atoms with E-state index in [1.165, 1.54) is 0 Å². The molecule has 1 amide bonds. The highest BCUT2D eigenvalue weighted by Crippen LogP contribution is 2.21. The Morgan fingerprint density at radius 2 is 2.25 bits per heavy atom. The molecule has 0 unspecified atom stereocenters. The van der Waals surface area contributed by atoms with Gasteiger partial charge < -0.3 is 10.1 Å². The third kappa shape index (κ3) is 3.49. The maximum absolute atomic E-state index is 12.0. The molecule has 1 aromatic carbocycles. The summed E-state index contributed by atoms with van der Waals surface area (Å²) in [5, 5.41) is 3.19. The standard InChI is InChI=1S/C14H17ClN2O3/c1-2-17-7-8-20-14(19)12(17)9-13(18)16-11-6-4-3-5-10(11)15/h3-6,12H,2,7-9H2,1H3,(H,16,18)/t12-/m0/s1. The van der Waals surface area contributed by atoms with Gasteiger partial charge in [0.2, 0.25) is 5.91 Å². The molecule has 0 aliphatic carbocycles. The number of para-hydroxylation sites is 1. The van der Waals surface area contributed by atoms with E-state index in [2.05, 4.69) is 5.32 Å². The van der Waals surface area contributed by atoms with Crippen LogP contribution in [0.2, 0.25) is 5.02 Å². The number of halogens is 1. The first-order chi connectivity index (χ1) is 9.61. The fourth-order valence-electron chi connectivity index (χ4n) is 2.19. The van der Waals surface area contributed by atoms with Gasteiger partial charge in [-0.1, -0.05) is 30.7 Å². The Balaban J connectivity index is 2.00. The molecule has 0 bridgehead atoms. The highest BCUT2D eigenvalue weighted by atomic mass is 35.5. The second-order valence-corrected chi connectivity index (χ2v) is 4.95. The van der Waals surface area contributed by atoms with Crippen LogP contribution in [0.4, 0.5) is 5.69 Å². The number of likely N-dealkylation sites (N-methyl/N-ethyl adjacent to an activating group) is 1. The van der Waals surface area contributed by atoms with Gasteiger partial charge in [0.15, 0.2) is 0 Å². The summed E-state index contributed by atoms with van der Waals surface area (Å²) in [5.74, 6) is -0.590. The van der Waals surface area contributed by atoms with Gasteiger partial charge in [0.1, 0.15) is 12.6 Å². The molecule has 0 radical (unpaired) electrons. The summed E-state index contributed by atoms with van der Waals surface area (Å²) >= 11 is 5.98. The first-order valence-electron chi connectivity index (χ1n) is 6.57. The normalized spacial score (nSPS) is 19.5. The van der Waals surface area contributed by atoms with Gasteiger partial charge in [-0.2, -0.15) is 0 Å². The Morgan fingerprint density at radius 3 is 2.95 bits per heavy atom. The van der Waals surface area contributed by atoms with Crippen molar-refractivity contribution in [2.45, 2.75) is 19.4 Å². The molecule has 0 saturated carbocycles. The van der Waals surface area contributed by atoms with Crippen molar-refractivity contribution >= 4 is 29.2 Å². The van der Waals surface area contributed by atoms with E-state index in [4.69, 9.17) is 16.3 Å². The molecule has 1 aliphatic heterocycles. The smallest absolute Gasteiger partial charge is 0.323 e. The minimum absolute atomic E-state index is 0.0674. The highest BCUT2D eigenvalue weighted by Gasteiger charge is 2.32. The molecule has 1 N–H and O–H groups in total. The Morgan fingerprint density at radius 1 is 1.50 bits per heavy atom. The largest absolute Gasteiger partial charge is 0.463 e. The number of amides is 1. The SMILES string of the molecule is CCN1CCOC(=O)[C@@H]1CC(=O)Nc1ccccc1Cl. The molecule has 6 heteroatoms. The number of nitrogens with one attached hydrogen (secondary N) is 1. The topological polar surface area (TPSA) is 58.6 Å². The quantitative estimate of drug-likeness (QED) is 0.863. The molecule has 20 heavy (non-hydrogen) atoms. The van der Waals surface area contributed by atoms with Crippen molar-refractivity contribution in [3.63, 3.8) is 0 Å². The van der Waals surface area contributed by atoms with E-state index in [1.54, 1.807) is 24.3 Å². The van der Waals surface area contributed by atoms with Crippen molar-refractivity contribution in [3.05, 3.63) is 29.3 Å². The lowest BCUT2D eigenvalue weighted by molar-refractivity contribution is -0.158. The third-order valence-electron chi connectivity index (χ3n) is 3.27. The van der Waals surface area contributed by atoms with Crippen LogP contribution in [0.1, 0.15) is 13.3 Å². The van der Waals surface area contributed by atoms with Gasteiger partial charge in [0, 0.05) is 6.54 Å². The lowest BCUT2D eigenvalue weighted by Gasteiger charge is -2.32. The number of benzene rings is 1. The fourth-order valence-corrected chi connectivity index (χ4v) is 2.38. The number of rotatable bonds is 4. The zero-order valence-electron chi connectivity index (χ0n) is 11.3. The second kappa shape index (κ2) is 6.72. The van der Waals surface area contributed by atoms with Crippen LogP contribution >= 0.6 is 11.6 Å². The molecule has 5 nitrogen and oxygen atoms in total. The maximum atomic E-state index is 12.0. The summed E-state index contributed by atoms with van der Waals surface area (Å²) in [4.78, 5) is 25.7. The molecule has 1 aliphatic rings. The Bertz CT molecular complexity index is 507. The minimum Gasteiger partial charge on any atom is -0.463 e. The van der Waals surface area contributed by atoms with E-state index in [0.717, 1.165) is 0 Å². The second-order valence-electron chi connectivity index (χ2n) is 4.54. The van der Waals surface area contributed by atoms with Crippen LogP contribution in [0.5, 0.6) is 0 Å². The molecule has 0 spiro atoms. The summed E-state index contributed by atoms with van der Waals surface area (Å²) in [6.07, 6.45) is 0.0674. The van der Waals surface area contributed by atoms with E-state index >= 15 is 0 Å². The van der Waals surface area contributed by atoms with Crippen LogP contribution in [-0.2, 0) is 14.3 Å². The lowest BCUT2D eigenvalue weighted by atomic mass is 10.1. The van der Waals surface area contributed by atoms with Gasteiger partial charge in [-0.15, -0.1) is 0 Å². The average molecular weight is 297 g/mol. The summed E-state index contributed by atoms with van der Waals surface area (Å²) < 4.78 is 5.01. The molecule has 0 aromatic heterocycles. The number of carbonyl (C=O) groups excluding carboxylic acids is 2. The van der Waals surface area contributed by atoms with Crippen LogP contribution in [0, 0.1) is 0 Å². The van der Waals surface area contributed by atoms with Crippen LogP contribution < -0.4 is 5.32 Å². The predicted octanol–water partition coefficient (Wildman–Crippen LogP) is 1.92. The predicted molar refractivity (Wildman–Crippen MR) is 76.7 cm³/mol. The monoisotopic (exact) mass is 296 g/mol. The van der Waals surface area contributed by atoms with E-state index < -0.39 is 6.04 Å². The van der Waals surface area contributed by atoms with Gasteiger partial charge in [0.25, 0.3) is 0 Å². The van der Waals surface area contributed by atoms with E-state index in [9.17, 15) is 9.59 Å². The van der Waals surface area contributed by atoms with Gasteiger partial charge >= 0.3 is 5.97 Å². The molecular weight excluding hydrogens is 280 g/mol. The molecule has 2 rings (SSSR count). The number of morpholine rings is 1. The van der Waals surface area contributed by atoms with Crippen molar-refractivity contribution < 1.29 is 14.3 Å². The number of carbonyl (C=O) groups is 2. The summed E-state index contributed by atoms with van der Waals surface area (Å²) in [7, 11) is 0. The number of nitrogens with zero attached hydrogens (tertiary/aromatic N) is 1.